The predicted octanol–water partition coefficient (Wildman–Crippen LogP) is 2.35. The Hall–Kier alpha value is -1.88. The van der Waals surface area contributed by atoms with Crippen LogP contribution in [-0.4, -0.2) is 17.4 Å². The molecule has 1 unspecified atom stereocenters. The highest BCUT2D eigenvalue weighted by molar-refractivity contribution is 5.98. The van der Waals surface area contributed by atoms with E-state index in [0.29, 0.717) is 17.8 Å². The zero-order valence-electron chi connectivity index (χ0n) is 12.5. The van der Waals surface area contributed by atoms with Gasteiger partial charge in [0.15, 0.2) is 0 Å². The lowest BCUT2D eigenvalue weighted by atomic mass is 9.99. The average Bonchev–Trinajstić information content (AvgIpc) is 2.40. The largest absolute Gasteiger partial charge is 0.326 e. The Morgan fingerprint density at radius 2 is 1.60 bits per heavy atom. The molecule has 0 saturated carbocycles. The molecule has 0 aliphatic heterocycles. The predicted molar refractivity (Wildman–Crippen MR) is 81.4 cm³/mol. The van der Waals surface area contributed by atoms with Gasteiger partial charge in [-0.1, -0.05) is 20.8 Å². The monoisotopic (exact) mass is 277 g/mol. The summed E-state index contributed by atoms with van der Waals surface area (Å²) in [7, 11) is 0. The van der Waals surface area contributed by atoms with Gasteiger partial charge in [-0.25, -0.2) is 0 Å². The van der Waals surface area contributed by atoms with Gasteiger partial charge in [0.05, 0.1) is 5.54 Å². The first-order chi connectivity index (χ1) is 9.26. The van der Waals surface area contributed by atoms with Gasteiger partial charge in [-0.15, -0.1) is 0 Å². The number of carbonyl (C=O) groups is 2. The highest BCUT2D eigenvalue weighted by atomic mass is 16.2. The third-order valence-electron chi connectivity index (χ3n) is 3.19. The normalized spacial score (nSPS) is 13.7. The maximum absolute atomic E-state index is 11.9. The molecule has 0 saturated heterocycles. The Labute approximate surface area is 119 Å². The van der Waals surface area contributed by atoms with Crippen molar-refractivity contribution < 1.29 is 9.59 Å². The summed E-state index contributed by atoms with van der Waals surface area (Å²) in [5, 5.41) is 5.55. The average molecular weight is 277 g/mol. The molecule has 0 aromatic heterocycles. The quantitative estimate of drug-likeness (QED) is 0.772. The van der Waals surface area contributed by atoms with Crippen LogP contribution in [0.5, 0.6) is 0 Å². The van der Waals surface area contributed by atoms with E-state index in [-0.39, 0.29) is 17.7 Å². The van der Waals surface area contributed by atoms with Gasteiger partial charge in [-0.2, -0.15) is 0 Å². The van der Waals surface area contributed by atoms with Crippen molar-refractivity contribution in [2.24, 2.45) is 11.7 Å². The lowest BCUT2D eigenvalue weighted by molar-refractivity contribution is -0.121. The van der Waals surface area contributed by atoms with Crippen LogP contribution in [0.1, 0.15) is 34.1 Å². The second kappa shape index (κ2) is 6.52. The van der Waals surface area contributed by atoms with Gasteiger partial charge in [0.1, 0.15) is 0 Å². The molecule has 0 aliphatic rings. The fraction of sp³-hybridized carbons (Fsp3) is 0.467. The summed E-state index contributed by atoms with van der Waals surface area (Å²) >= 11 is 0. The van der Waals surface area contributed by atoms with Crippen molar-refractivity contribution in [1.82, 2.24) is 0 Å². The zero-order chi connectivity index (χ0) is 15.3. The molecule has 5 heteroatoms. The Morgan fingerprint density at radius 1 is 1.15 bits per heavy atom. The van der Waals surface area contributed by atoms with E-state index >= 15 is 0 Å². The SMILES string of the molecule is CCC(C)(N)C(=O)Nc1ccc(NC(=O)C(C)C)cc1. The summed E-state index contributed by atoms with van der Waals surface area (Å²) in [6.07, 6.45) is 0.557. The highest BCUT2D eigenvalue weighted by Crippen LogP contribution is 2.16. The highest BCUT2D eigenvalue weighted by Gasteiger charge is 2.25. The van der Waals surface area contributed by atoms with E-state index < -0.39 is 5.54 Å². The Morgan fingerprint density at radius 3 is 2.00 bits per heavy atom. The van der Waals surface area contributed by atoms with E-state index in [1.54, 1.807) is 31.2 Å². The number of nitrogens with one attached hydrogen (secondary N) is 2. The van der Waals surface area contributed by atoms with E-state index in [9.17, 15) is 9.59 Å². The fourth-order valence-electron chi connectivity index (χ4n) is 1.36. The van der Waals surface area contributed by atoms with Crippen LogP contribution in [0, 0.1) is 5.92 Å². The lowest BCUT2D eigenvalue weighted by Crippen LogP contribution is -2.47. The van der Waals surface area contributed by atoms with Crippen LogP contribution in [0.4, 0.5) is 11.4 Å². The maximum Gasteiger partial charge on any atom is 0.244 e. The first-order valence-corrected chi connectivity index (χ1v) is 6.77. The van der Waals surface area contributed by atoms with Gasteiger partial charge < -0.3 is 16.4 Å². The van der Waals surface area contributed by atoms with Crippen LogP contribution in [0.15, 0.2) is 24.3 Å². The van der Waals surface area contributed by atoms with Crippen LogP contribution in [0.2, 0.25) is 0 Å². The fourth-order valence-corrected chi connectivity index (χ4v) is 1.36. The van der Waals surface area contributed by atoms with Crippen LogP contribution in [-0.2, 0) is 9.59 Å². The first-order valence-electron chi connectivity index (χ1n) is 6.77. The molecule has 110 valence electrons. The van der Waals surface area contributed by atoms with Crippen molar-refractivity contribution in [3.63, 3.8) is 0 Å². The molecule has 5 nitrogen and oxygen atoms in total. The van der Waals surface area contributed by atoms with Crippen LogP contribution in [0.25, 0.3) is 0 Å². The number of carbonyl (C=O) groups excluding carboxylic acids is 2. The molecule has 4 N–H and O–H groups in total. The molecule has 0 heterocycles. The maximum atomic E-state index is 11.9. The van der Waals surface area contributed by atoms with Gasteiger partial charge in [0.2, 0.25) is 11.8 Å². The Balaban J connectivity index is 2.68. The van der Waals surface area contributed by atoms with Gasteiger partial charge in [-0.3, -0.25) is 9.59 Å². The number of anilines is 2. The Bertz CT molecular complexity index is 478. The number of nitrogens with two attached hydrogens (primary N) is 1. The third-order valence-corrected chi connectivity index (χ3v) is 3.19. The molecule has 1 atom stereocenters. The number of benzene rings is 1. The van der Waals surface area contributed by atoms with Crippen LogP contribution in [0.3, 0.4) is 0 Å². The van der Waals surface area contributed by atoms with Gasteiger partial charge in [0.25, 0.3) is 0 Å². The van der Waals surface area contributed by atoms with E-state index in [0.717, 1.165) is 0 Å². The summed E-state index contributed by atoms with van der Waals surface area (Å²) < 4.78 is 0. The molecule has 1 rings (SSSR count). The molecule has 1 aromatic rings. The van der Waals surface area contributed by atoms with Gasteiger partial charge in [0, 0.05) is 17.3 Å². The van der Waals surface area contributed by atoms with E-state index in [1.165, 1.54) is 0 Å². The second-order valence-electron chi connectivity index (χ2n) is 5.45. The van der Waals surface area contributed by atoms with E-state index in [1.807, 2.05) is 20.8 Å². The summed E-state index contributed by atoms with van der Waals surface area (Å²) in [5.41, 5.74) is 6.34. The van der Waals surface area contributed by atoms with Crippen LogP contribution < -0.4 is 16.4 Å². The second-order valence-corrected chi connectivity index (χ2v) is 5.45. The number of rotatable bonds is 5. The zero-order valence-corrected chi connectivity index (χ0v) is 12.5. The summed E-state index contributed by atoms with van der Waals surface area (Å²) in [6.45, 7) is 7.22. The number of hydrogen-bond donors (Lipinski definition) is 3. The summed E-state index contributed by atoms with van der Waals surface area (Å²) in [5.74, 6) is -0.335. The molecular formula is C15H23N3O2. The molecule has 2 amide bonds. The Kier molecular flexibility index (Phi) is 5.27. The molecular weight excluding hydrogens is 254 g/mol. The van der Waals surface area contributed by atoms with Crippen molar-refractivity contribution in [2.45, 2.75) is 39.7 Å². The standard InChI is InChI=1S/C15H23N3O2/c1-5-15(4,16)14(20)18-12-8-6-11(7-9-12)17-13(19)10(2)3/h6-10H,5,16H2,1-4H3,(H,17,19)(H,18,20). The molecule has 1 aromatic carbocycles. The minimum atomic E-state index is -0.884. The molecule has 0 radical (unpaired) electrons. The van der Waals surface area contributed by atoms with E-state index in [4.69, 9.17) is 5.73 Å². The van der Waals surface area contributed by atoms with Crippen molar-refractivity contribution >= 4 is 23.2 Å². The van der Waals surface area contributed by atoms with Crippen molar-refractivity contribution in [1.29, 1.82) is 0 Å². The molecule has 0 spiro atoms. The van der Waals surface area contributed by atoms with Crippen LogP contribution >= 0.6 is 0 Å². The number of hydrogen-bond acceptors (Lipinski definition) is 3. The van der Waals surface area contributed by atoms with Crippen molar-refractivity contribution in [3.8, 4) is 0 Å². The minimum absolute atomic E-state index is 0.0395. The summed E-state index contributed by atoms with van der Waals surface area (Å²) in [6, 6.07) is 6.96. The van der Waals surface area contributed by atoms with Gasteiger partial charge in [-0.05, 0) is 37.6 Å². The summed E-state index contributed by atoms with van der Waals surface area (Å²) in [4.78, 5) is 23.5. The third kappa shape index (κ3) is 4.35. The van der Waals surface area contributed by atoms with Gasteiger partial charge >= 0.3 is 0 Å². The number of amides is 2. The van der Waals surface area contributed by atoms with E-state index in [2.05, 4.69) is 10.6 Å². The topological polar surface area (TPSA) is 84.2 Å². The first kappa shape index (κ1) is 16.2. The smallest absolute Gasteiger partial charge is 0.244 e. The lowest BCUT2D eigenvalue weighted by Gasteiger charge is -2.21. The van der Waals surface area contributed by atoms with Crippen molar-refractivity contribution in [2.75, 3.05) is 10.6 Å². The molecule has 0 aliphatic carbocycles. The molecule has 0 bridgehead atoms. The van der Waals surface area contributed by atoms with Crippen molar-refractivity contribution in [3.05, 3.63) is 24.3 Å². The molecule has 0 fully saturated rings. The minimum Gasteiger partial charge on any atom is -0.326 e. The molecule has 20 heavy (non-hydrogen) atoms.